The number of hydrogen-bond donors (Lipinski definition) is 0. The Balaban J connectivity index is 5.26. The van der Waals surface area contributed by atoms with Gasteiger partial charge in [0.05, 0.1) is 0 Å². The van der Waals surface area contributed by atoms with Crippen LogP contribution in [-0.2, 0) is 0 Å². The first-order chi connectivity index (χ1) is 5.84. The van der Waals surface area contributed by atoms with Gasteiger partial charge in [-0.25, -0.2) is 24.6 Å². The molecule has 0 rings (SSSR count). The van der Waals surface area contributed by atoms with E-state index in [0.29, 0.717) is 0 Å². The minimum atomic E-state index is -6.36. The molecule has 0 N–H and O–H groups in total. The lowest BCUT2D eigenvalue weighted by molar-refractivity contribution is 0.427. The third-order valence-corrected chi connectivity index (χ3v) is 3.83. The van der Waals surface area contributed by atoms with Crippen molar-refractivity contribution in [3.8, 4) is 0 Å². The molecule has 0 aliphatic heterocycles. The van der Waals surface area contributed by atoms with Gasteiger partial charge in [0.1, 0.15) is 0 Å². The molecule has 0 unspecified atom stereocenters. The highest BCUT2D eigenvalue weighted by Gasteiger charge is 2.51. The molecule has 0 aliphatic rings. The van der Waals surface area contributed by atoms with E-state index in [2.05, 4.69) is 0 Å². The Kier molecular flexibility index (Phi) is 3.66. The lowest BCUT2D eigenvalue weighted by Crippen LogP contribution is -2.32. The molecule has 0 aromatic heterocycles. The van der Waals surface area contributed by atoms with E-state index in [1.807, 2.05) is 0 Å². The zero-order valence-electron chi connectivity index (χ0n) is 7.85. The second-order valence-electron chi connectivity index (χ2n) is 3.85. The molecule has 8 heteroatoms. The summed E-state index contributed by atoms with van der Waals surface area (Å²) in [6.45, 7) is 3.42. The van der Waals surface area contributed by atoms with Gasteiger partial charge in [0, 0.05) is 10.9 Å². The van der Waals surface area contributed by atoms with Crippen molar-refractivity contribution in [2.24, 2.45) is 5.41 Å². The molecular formula is C6H10F6Si2. The summed E-state index contributed by atoms with van der Waals surface area (Å²) in [4.78, 5) is 0. The molecule has 14 heavy (non-hydrogen) atoms. The van der Waals surface area contributed by atoms with Crippen molar-refractivity contribution in [2.45, 2.75) is 20.8 Å². The predicted octanol–water partition coefficient (Wildman–Crippen LogP) is 3.73. The maximum absolute atomic E-state index is 12.3. The maximum Gasteiger partial charge on any atom is 0.649 e. The zero-order chi connectivity index (χ0) is 11.8. The molecule has 0 spiro atoms. The highest BCUT2D eigenvalue weighted by atomic mass is 28.5. The molecule has 84 valence electrons. The summed E-state index contributed by atoms with van der Waals surface area (Å²) in [5.41, 5.74) is -1.97. The minimum Gasteiger partial charge on any atom is -0.234 e. The summed E-state index contributed by atoms with van der Waals surface area (Å²) in [5, 5.41) is -1.37. The van der Waals surface area contributed by atoms with Crippen LogP contribution in [0.3, 0.4) is 0 Å². The highest BCUT2D eigenvalue weighted by molar-refractivity contribution is 6.72. The van der Waals surface area contributed by atoms with Crippen LogP contribution in [0.5, 0.6) is 0 Å². The molecule has 0 nitrogen and oxygen atoms in total. The minimum absolute atomic E-state index is 0.487. The van der Waals surface area contributed by atoms with Gasteiger partial charge >= 0.3 is 18.2 Å². The first-order valence-electron chi connectivity index (χ1n) is 3.71. The topological polar surface area (TPSA) is 0 Å². The van der Waals surface area contributed by atoms with Crippen LogP contribution in [0.2, 0.25) is 0 Å². The molecule has 0 aromatic carbocycles. The molecule has 0 aliphatic carbocycles. The van der Waals surface area contributed by atoms with Gasteiger partial charge in [0.15, 0.2) is 0 Å². The van der Waals surface area contributed by atoms with Gasteiger partial charge in [0.25, 0.3) is 0 Å². The Hall–Kier alpha value is -0.246. The van der Waals surface area contributed by atoms with Crippen molar-refractivity contribution < 1.29 is 24.6 Å². The Morgan fingerprint density at radius 1 is 0.929 bits per heavy atom. The van der Waals surface area contributed by atoms with E-state index >= 15 is 0 Å². The van der Waals surface area contributed by atoms with E-state index in [4.69, 9.17) is 0 Å². The normalized spacial score (nSPS) is 15.9. The third kappa shape index (κ3) is 4.84. The SMILES string of the molecule is CC(C)(C)/C(=C/[Si](F)(F)F)[Si](F)(F)F. The Bertz CT molecular complexity index is 214. The van der Waals surface area contributed by atoms with Gasteiger partial charge in [-0.3, -0.25) is 0 Å². The molecule has 0 amide bonds. The van der Waals surface area contributed by atoms with E-state index in [9.17, 15) is 24.6 Å². The van der Waals surface area contributed by atoms with Gasteiger partial charge in [-0.2, -0.15) is 0 Å². The van der Waals surface area contributed by atoms with Gasteiger partial charge in [-0.05, 0) is 5.41 Å². The van der Waals surface area contributed by atoms with E-state index in [-0.39, 0.29) is 0 Å². The summed E-state index contributed by atoms with van der Waals surface area (Å²) in [6, 6.07) is 0. The highest BCUT2D eigenvalue weighted by Crippen LogP contribution is 2.37. The lowest BCUT2D eigenvalue weighted by Gasteiger charge is -2.23. The number of rotatable bonds is 2. The van der Waals surface area contributed by atoms with Crippen molar-refractivity contribution in [1.82, 2.24) is 0 Å². The Morgan fingerprint density at radius 2 is 1.29 bits per heavy atom. The smallest absolute Gasteiger partial charge is 0.234 e. The molecular weight excluding hydrogens is 242 g/mol. The Labute approximate surface area is 80.7 Å². The summed E-state index contributed by atoms with van der Waals surface area (Å²) in [7, 11) is -12.6. The average molecular weight is 252 g/mol. The quantitative estimate of drug-likeness (QED) is 0.399. The van der Waals surface area contributed by atoms with Crippen LogP contribution in [0.15, 0.2) is 10.9 Å². The summed E-state index contributed by atoms with van der Waals surface area (Å²) >= 11 is 0. The summed E-state index contributed by atoms with van der Waals surface area (Å²) in [5.74, 6) is 0. The zero-order valence-corrected chi connectivity index (χ0v) is 9.85. The molecule has 0 saturated carbocycles. The van der Waals surface area contributed by atoms with E-state index in [0.717, 1.165) is 20.8 Å². The molecule has 0 heterocycles. The first-order valence-corrected chi connectivity index (χ1v) is 7.06. The van der Waals surface area contributed by atoms with Crippen LogP contribution >= 0.6 is 0 Å². The van der Waals surface area contributed by atoms with Crippen LogP contribution in [0, 0.1) is 5.41 Å². The lowest BCUT2D eigenvalue weighted by atomic mass is 9.97. The summed E-state index contributed by atoms with van der Waals surface area (Å²) < 4.78 is 72.9. The van der Waals surface area contributed by atoms with Crippen molar-refractivity contribution in [3.63, 3.8) is 0 Å². The summed E-state index contributed by atoms with van der Waals surface area (Å²) in [6.07, 6.45) is 0. The molecule has 0 saturated heterocycles. The molecule has 0 bridgehead atoms. The molecule has 0 aromatic rings. The van der Waals surface area contributed by atoms with Crippen LogP contribution in [0.1, 0.15) is 20.8 Å². The third-order valence-electron chi connectivity index (χ3n) is 1.42. The van der Waals surface area contributed by atoms with Crippen molar-refractivity contribution >= 4 is 18.2 Å². The molecule has 0 radical (unpaired) electrons. The number of allylic oxidation sites excluding steroid dienone is 1. The van der Waals surface area contributed by atoms with Crippen LogP contribution in [0.4, 0.5) is 24.6 Å². The van der Waals surface area contributed by atoms with E-state index < -0.39 is 34.5 Å². The molecule has 0 fully saturated rings. The monoisotopic (exact) mass is 252 g/mol. The Morgan fingerprint density at radius 3 is 1.36 bits per heavy atom. The standard InChI is InChI=1S/C6H10F6Si2/c1-6(2,3)5(14(10,11)12)4-13(7,8)9/h4H,1-3H3/b5-4-. The van der Waals surface area contributed by atoms with Crippen LogP contribution in [-0.4, -0.2) is 18.2 Å². The predicted molar refractivity (Wildman–Crippen MR) is 45.7 cm³/mol. The fourth-order valence-corrected chi connectivity index (χ4v) is 3.64. The van der Waals surface area contributed by atoms with E-state index in [1.54, 1.807) is 0 Å². The second kappa shape index (κ2) is 3.72. The first kappa shape index (κ1) is 13.8. The van der Waals surface area contributed by atoms with Crippen molar-refractivity contribution in [1.29, 1.82) is 0 Å². The number of hydrogen-bond acceptors (Lipinski definition) is 0. The largest absolute Gasteiger partial charge is 0.649 e. The maximum atomic E-state index is 12.3. The second-order valence-corrected chi connectivity index (χ2v) is 6.75. The van der Waals surface area contributed by atoms with Crippen LogP contribution in [0.25, 0.3) is 0 Å². The van der Waals surface area contributed by atoms with Gasteiger partial charge in [-0.1, -0.05) is 20.8 Å². The van der Waals surface area contributed by atoms with Gasteiger partial charge in [0.2, 0.25) is 0 Å². The van der Waals surface area contributed by atoms with E-state index in [1.165, 1.54) is 0 Å². The van der Waals surface area contributed by atoms with Gasteiger partial charge < -0.3 is 0 Å². The van der Waals surface area contributed by atoms with Gasteiger partial charge in [-0.15, -0.1) is 0 Å². The molecule has 0 atom stereocenters. The number of halogens is 6. The fourth-order valence-electron chi connectivity index (χ4n) is 0.887. The average Bonchev–Trinajstić information content (AvgIpc) is 1.75. The fraction of sp³-hybridized carbons (Fsp3) is 0.667. The van der Waals surface area contributed by atoms with Crippen molar-refractivity contribution in [2.75, 3.05) is 0 Å². The van der Waals surface area contributed by atoms with Crippen LogP contribution < -0.4 is 0 Å². The van der Waals surface area contributed by atoms with Crippen molar-refractivity contribution in [3.05, 3.63) is 10.9 Å².